The highest BCUT2D eigenvalue weighted by molar-refractivity contribution is 7.99. The number of aliphatic imine (C=N–C) groups is 1. The Balaban J connectivity index is 4.79. The minimum atomic E-state index is 0.102. The van der Waals surface area contributed by atoms with Gasteiger partial charge in [-0.15, -0.1) is 0 Å². The topological polar surface area (TPSA) is 47.9 Å². The molecule has 0 aromatic heterocycles. The summed E-state index contributed by atoms with van der Waals surface area (Å²) in [6, 6.07) is 0. The second-order valence-corrected chi connectivity index (χ2v) is 7.07. The van der Waals surface area contributed by atoms with Gasteiger partial charge in [0.25, 0.3) is 0 Å². The molecule has 124 valence electrons. The zero-order chi connectivity index (χ0) is 16.5. The number of nitrogens with one attached hydrogen (secondary N) is 1. The fraction of sp³-hybridized carbons (Fsp3) is 0.867. The summed E-state index contributed by atoms with van der Waals surface area (Å²) in [6.07, 6.45) is 2.09. The maximum Gasteiger partial charge on any atom is 0.242 e. The van der Waals surface area contributed by atoms with Gasteiger partial charge >= 0.3 is 0 Å². The third-order valence-corrected chi connectivity index (χ3v) is 4.58. The van der Waals surface area contributed by atoms with E-state index in [1.807, 2.05) is 37.6 Å². The molecular weight excluding hydrogens is 284 g/mol. The minimum Gasteiger partial charge on any atom is -0.357 e. The highest BCUT2D eigenvalue weighted by Crippen LogP contribution is 2.21. The van der Waals surface area contributed by atoms with Gasteiger partial charge in [-0.2, -0.15) is 11.8 Å². The number of amides is 1. The number of carbonyl (C=O) groups is 1. The number of rotatable bonds is 8. The third kappa shape index (κ3) is 7.60. The van der Waals surface area contributed by atoms with Crippen LogP contribution in [-0.2, 0) is 4.79 Å². The lowest BCUT2D eigenvalue weighted by Crippen LogP contribution is -2.46. The van der Waals surface area contributed by atoms with Crippen molar-refractivity contribution in [3.05, 3.63) is 0 Å². The molecule has 0 saturated carbocycles. The Bertz CT molecular complexity index is 341. The molecule has 0 unspecified atom stereocenters. The molecule has 6 heteroatoms. The molecule has 21 heavy (non-hydrogen) atoms. The number of hydrogen-bond donors (Lipinski definition) is 1. The van der Waals surface area contributed by atoms with Crippen molar-refractivity contribution < 1.29 is 4.79 Å². The van der Waals surface area contributed by atoms with Crippen LogP contribution in [0.4, 0.5) is 0 Å². The number of hydrogen-bond acceptors (Lipinski definition) is 3. The number of carbonyl (C=O) groups excluding carboxylic acids is 1. The van der Waals surface area contributed by atoms with E-state index in [0.29, 0.717) is 6.54 Å². The fourth-order valence-electron chi connectivity index (χ4n) is 1.75. The Labute approximate surface area is 134 Å². The fourth-order valence-corrected chi connectivity index (χ4v) is 1.95. The zero-order valence-electron chi connectivity index (χ0n) is 14.7. The van der Waals surface area contributed by atoms with Crippen LogP contribution in [0.25, 0.3) is 0 Å². The van der Waals surface area contributed by atoms with E-state index < -0.39 is 0 Å². The smallest absolute Gasteiger partial charge is 0.242 e. The number of thioether (sulfide) groups is 1. The minimum absolute atomic E-state index is 0.102. The van der Waals surface area contributed by atoms with Crippen LogP contribution >= 0.6 is 11.8 Å². The van der Waals surface area contributed by atoms with E-state index in [4.69, 9.17) is 0 Å². The lowest BCUT2D eigenvalue weighted by Gasteiger charge is -2.27. The predicted molar refractivity (Wildman–Crippen MR) is 94.1 cm³/mol. The molecule has 0 aromatic rings. The van der Waals surface area contributed by atoms with Crippen LogP contribution in [0.3, 0.4) is 0 Å². The molecule has 0 aromatic carbocycles. The first-order valence-corrected chi connectivity index (χ1v) is 8.86. The first-order chi connectivity index (χ1) is 9.81. The van der Waals surface area contributed by atoms with Gasteiger partial charge in [0.2, 0.25) is 5.91 Å². The summed E-state index contributed by atoms with van der Waals surface area (Å²) >= 11 is 1.80. The average molecular weight is 317 g/mol. The molecule has 0 aliphatic heterocycles. The van der Waals surface area contributed by atoms with Crippen LogP contribution in [0.2, 0.25) is 0 Å². The molecule has 1 N–H and O–H groups in total. The quantitative estimate of drug-likeness (QED) is 0.549. The van der Waals surface area contributed by atoms with Crippen molar-refractivity contribution >= 4 is 23.6 Å². The summed E-state index contributed by atoms with van der Waals surface area (Å²) in [4.78, 5) is 20.6. The van der Waals surface area contributed by atoms with Crippen molar-refractivity contribution in [3.63, 3.8) is 0 Å². The second-order valence-electron chi connectivity index (χ2n) is 5.56. The second kappa shape index (κ2) is 9.92. The van der Waals surface area contributed by atoms with Crippen LogP contribution in [0.15, 0.2) is 4.99 Å². The van der Waals surface area contributed by atoms with Gasteiger partial charge in [0.05, 0.1) is 13.1 Å². The van der Waals surface area contributed by atoms with Gasteiger partial charge in [-0.05, 0) is 40.9 Å². The molecule has 0 spiro atoms. The van der Waals surface area contributed by atoms with Crippen molar-refractivity contribution in [2.45, 2.75) is 39.4 Å². The Morgan fingerprint density at radius 1 is 1.24 bits per heavy atom. The molecule has 0 rings (SSSR count). The average Bonchev–Trinajstić information content (AvgIpc) is 2.44. The molecule has 0 aliphatic carbocycles. The molecule has 1 amide bonds. The van der Waals surface area contributed by atoms with Gasteiger partial charge in [-0.25, -0.2) is 0 Å². The summed E-state index contributed by atoms with van der Waals surface area (Å²) in [5.41, 5.74) is 0. The SMILES string of the molecule is CCNC(=NCC(C)(C)SC)N(C)CC(=O)N(CC)CC. The van der Waals surface area contributed by atoms with Gasteiger partial charge in [0, 0.05) is 31.4 Å². The molecule has 0 fully saturated rings. The summed E-state index contributed by atoms with van der Waals surface area (Å²) < 4.78 is 0.102. The molecule has 0 aliphatic rings. The van der Waals surface area contributed by atoms with Gasteiger partial charge in [0.15, 0.2) is 5.96 Å². The van der Waals surface area contributed by atoms with Crippen molar-refractivity contribution in [3.8, 4) is 0 Å². The molecule has 0 heterocycles. The summed E-state index contributed by atoms with van der Waals surface area (Å²) in [5.74, 6) is 0.928. The molecule has 0 bridgehead atoms. The van der Waals surface area contributed by atoms with Crippen LogP contribution in [0.1, 0.15) is 34.6 Å². The molecule has 0 atom stereocenters. The molecule has 5 nitrogen and oxygen atoms in total. The van der Waals surface area contributed by atoms with Crippen LogP contribution < -0.4 is 5.32 Å². The predicted octanol–water partition coefficient (Wildman–Crippen LogP) is 1.89. The van der Waals surface area contributed by atoms with Crippen molar-refractivity contribution in [1.82, 2.24) is 15.1 Å². The van der Waals surface area contributed by atoms with E-state index in [-0.39, 0.29) is 10.7 Å². The largest absolute Gasteiger partial charge is 0.357 e. The Morgan fingerprint density at radius 2 is 1.81 bits per heavy atom. The lowest BCUT2D eigenvalue weighted by molar-refractivity contribution is -0.131. The summed E-state index contributed by atoms with van der Waals surface area (Å²) in [6.45, 7) is 13.7. The van der Waals surface area contributed by atoms with Crippen LogP contribution in [0.5, 0.6) is 0 Å². The zero-order valence-corrected chi connectivity index (χ0v) is 15.5. The molecular formula is C15H32N4OS. The van der Waals surface area contributed by atoms with Crippen molar-refractivity contribution in [1.29, 1.82) is 0 Å². The van der Waals surface area contributed by atoms with E-state index in [0.717, 1.165) is 32.1 Å². The first kappa shape index (κ1) is 20.1. The van der Waals surface area contributed by atoms with Gasteiger partial charge in [-0.3, -0.25) is 9.79 Å². The molecule has 0 radical (unpaired) electrons. The Kier molecular flexibility index (Phi) is 9.49. The monoisotopic (exact) mass is 316 g/mol. The standard InChI is InChI=1S/C15H32N4OS/c1-8-16-14(17-12-15(4,5)21-7)18(6)11-13(20)19(9-2)10-3/h8-12H2,1-7H3,(H,16,17). The molecule has 0 saturated heterocycles. The lowest BCUT2D eigenvalue weighted by atomic mass is 10.2. The van der Waals surface area contributed by atoms with E-state index in [9.17, 15) is 4.79 Å². The number of guanidine groups is 1. The summed E-state index contributed by atoms with van der Waals surface area (Å²) in [7, 11) is 1.91. The normalized spacial score (nSPS) is 12.2. The van der Waals surface area contributed by atoms with E-state index >= 15 is 0 Å². The van der Waals surface area contributed by atoms with Crippen LogP contribution in [-0.4, -0.2) is 72.4 Å². The van der Waals surface area contributed by atoms with Crippen molar-refractivity contribution in [2.24, 2.45) is 4.99 Å². The van der Waals surface area contributed by atoms with E-state index in [2.05, 4.69) is 30.4 Å². The number of likely N-dealkylation sites (N-methyl/N-ethyl adjacent to an activating group) is 2. The van der Waals surface area contributed by atoms with Crippen LogP contribution in [0, 0.1) is 0 Å². The van der Waals surface area contributed by atoms with Gasteiger partial charge in [0.1, 0.15) is 0 Å². The Hall–Kier alpha value is -0.910. The van der Waals surface area contributed by atoms with Gasteiger partial charge < -0.3 is 15.1 Å². The maximum absolute atomic E-state index is 12.2. The van der Waals surface area contributed by atoms with E-state index in [1.54, 1.807) is 11.8 Å². The maximum atomic E-state index is 12.2. The van der Waals surface area contributed by atoms with Crippen molar-refractivity contribution in [2.75, 3.05) is 46.0 Å². The van der Waals surface area contributed by atoms with E-state index in [1.165, 1.54) is 0 Å². The first-order valence-electron chi connectivity index (χ1n) is 7.63. The highest BCUT2D eigenvalue weighted by atomic mass is 32.2. The van der Waals surface area contributed by atoms with Gasteiger partial charge in [-0.1, -0.05) is 0 Å². The Morgan fingerprint density at radius 3 is 2.24 bits per heavy atom. The third-order valence-electron chi connectivity index (χ3n) is 3.35. The number of nitrogens with zero attached hydrogens (tertiary/aromatic N) is 3. The summed E-state index contributed by atoms with van der Waals surface area (Å²) in [5, 5.41) is 3.26. The highest BCUT2D eigenvalue weighted by Gasteiger charge is 2.18.